The predicted octanol–water partition coefficient (Wildman–Crippen LogP) is 0.306. The van der Waals surface area contributed by atoms with E-state index in [1.165, 1.54) is 0 Å². The quantitative estimate of drug-likeness (QED) is 0.487. The molecule has 1 aromatic rings. The molecule has 1 rings (SSSR count). The van der Waals surface area contributed by atoms with Crippen molar-refractivity contribution in [2.75, 3.05) is 19.8 Å². The van der Waals surface area contributed by atoms with Crippen LogP contribution in [0.25, 0.3) is 0 Å². The van der Waals surface area contributed by atoms with Crippen molar-refractivity contribution in [2.24, 2.45) is 11.7 Å². The fraction of sp³-hybridized carbons (Fsp3) is 0.474. The first-order valence-electron chi connectivity index (χ1n) is 8.91. The van der Waals surface area contributed by atoms with E-state index in [4.69, 9.17) is 19.9 Å². The molecule has 0 unspecified atom stereocenters. The normalized spacial score (nSPS) is 12.5. The van der Waals surface area contributed by atoms with Gasteiger partial charge in [-0.3, -0.25) is 19.2 Å². The van der Waals surface area contributed by atoms with E-state index < -0.39 is 42.1 Å². The number of ether oxygens (including phenoxy) is 3. The SMILES string of the molecule is CCOC(=O)C[C@@H](C(=O)OCC)[C@@H](NC(=O)COCc1ccccc1)C(N)=O. The van der Waals surface area contributed by atoms with Gasteiger partial charge in [-0.15, -0.1) is 0 Å². The zero-order chi connectivity index (χ0) is 20.9. The van der Waals surface area contributed by atoms with Crippen molar-refractivity contribution in [3.05, 3.63) is 35.9 Å². The number of hydrogen-bond acceptors (Lipinski definition) is 7. The second kappa shape index (κ2) is 12.4. The molecule has 28 heavy (non-hydrogen) atoms. The fourth-order valence-electron chi connectivity index (χ4n) is 2.41. The lowest BCUT2D eigenvalue weighted by molar-refractivity contribution is -0.157. The number of nitrogens with two attached hydrogens (primary N) is 1. The highest BCUT2D eigenvalue weighted by molar-refractivity contribution is 5.93. The summed E-state index contributed by atoms with van der Waals surface area (Å²) in [6.45, 7) is 3.17. The molecular formula is C19H26N2O7. The number of carbonyl (C=O) groups is 4. The maximum Gasteiger partial charge on any atom is 0.312 e. The molecule has 3 N–H and O–H groups in total. The number of esters is 2. The van der Waals surface area contributed by atoms with Crippen molar-refractivity contribution >= 4 is 23.8 Å². The van der Waals surface area contributed by atoms with Gasteiger partial charge in [0, 0.05) is 0 Å². The van der Waals surface area contributed by atoms with E-state index in [-0.39, 0.29) is 26.4 Å². The number of primary amides is 1. The maximum absolute atomic E-state index is 12.2. The van der Waals surface area contributed by atoms with Crippen molar-refractivity contribution in [3.8, 4) is 0 Å². The number of hydrogen-bond donors (Lipinski definition) is 2. The lowest BCUT2D eigenvalue weighted by Crippen LogP contribution is -2.53. The molecule has 0 aromatic heterocycles. The standard InChI is InChI=1S/C19H26N2O7/c1-3-27-16(23)10-14(19(25)28-4-2)17(18(20)24)21-15(22)12-26-11-13-8-6-5-7-9-13/h5-9,14,17H,3-4,10-12H2,1-2H3,(H2,20,24)(H,21,22)/t14-,17-/m1/s1. The van der Waals surface area contributed by atoms with E-state index in [0.29, 0.717) is 0 Å². The van der Waals surface area contributed by atoms with Crippen molar-refractivity contribution in [1.29, 1.82) is 0 Å². The molecule has 0 spiro atoms. The molecule has 0 saturated heterocycles. The first-order valence-corrected chi connectivity index (χ1v) is 8.91. The predicted molar refractivity (Wildman–Crippen MR) is 98.6 cm³/mol. The molecule has 0 radical (unpaired) electrons. The Balaban J connectivity index is 2.73. The zero-order valence-corrected chi connectivity index (χ0v) is 16.0. The second-order valence-electron chi connectivity index (χ2n) is 5.79. The molecular weight excluding hydrogens is 368 g/mol. The van der Waals surface area contributed by atoms with Gasteiger partial charge in [0.05, 0.1) is 32.2 Å². The van der Waals surface area contributed by atoms with Crippen LogP contribution in [-0.4, -0.2) is 49.6 Å². The molecule has 154 valence electrons. The molecule has 0 aliphatic rings. The van der Waals surface area contributed by atoms with Crippen LogP contribution in [0.15, 0.2) is 30.3 Å². The summed E-state index contributed by atoms with van der Waals surface area (Å²) in [6, 6.07) is 7.76. The second-order valence-corrected chi connectivity index (χ2v) is 5.79. The number of benzene rings is 1. The van der Waals surface area contributed by atoms with Gasteiger partial charge in [-0.05, 0) is 19.4 Å². The van der Waals surface area contributed by atoms with Gasteiger partial charge < -0.3 is 25.3 Å². The Kier molecular flexibility index (Phi) is 10.3. The number of carbonyl (C=O) groups excluding carboxylic acids is 4. The summed E-state index contributed by atoms with van der Waals surface area (Å²) in [4.78, 5) is 47.9. The van der Waals surface area contributed by atoms with Crippen LogP contribution in [0.2, 0.25) is 0 Å². The molecule has 2 atom stereocenters. The molecule has 0 heterocycles. The molecule has 0 aliphatic heterocycles. The van der Waals surface area contributed by atoms with E-state index in [0.717, 1.165) is 5.56 Å². The van der Waals surface area contributed by atoms with Crippen LogP contribution in [0.1, 0.15) is 25.8 Å². The molecule has 1 aromatic carbocycles. The number of rotatable bonds is 12. The lowest BCUT2D eigenvalue weighted by atomic mass is 9.95. The van der Waals surface area contributed by atoms with Gasteiger partial charge in [-0.2, -0.15) is 0 Å². The van der Waals surface area contributed by atoms with Crippen LogP contribution in [0.3, 0.4) is 0 Å². The maximum atomic E-state index is 12.2. The topological polar surface area (TPSA) is 134 Å². The number of amides is 2. The molecule has 9 nitrogen and oxygen atoms in total. The summed E-state index contributed by atoms with van der Waals surface area (Å²) in [6.07, 6.45) is -0.453. The van der Waals surface area contributed by atoms with Gasteiger partial charge in [0.25, 0.3) is 0 Å². The van der Waals surface area contributed by atoms with Gasteiger partial charge >= 0.3 is 11.9 Å². The Morgan fingerprint density at radius 3 is 2.25 bits per heavy atom. The van der Waals surface area contributed by atoms with E-state index >= 15 is 0 Å². The first kappa shape index (κ1) is 23.1. The minimum atomic E-state index is -1.43. The largest absolute Gasteiger partial charge is 0.466 e. The molecule has 0 bridgehead atoms. The summed E-state index contributed by atoms with van der Waals surface area (Å²) in [5.74, 6) is -4.46. The highest BCUT2D eigenvalue weighted by Crippen LogP contribution is 2.14. The van der Waals surface area contributed by atoms with Crippen LogP contribution in [0, 0.1) is 5.92 Å². The van der Waals surface area contributed by atoms with Crippen molar-refractivity contribution in [3.63, 3.8) is 0 Å². The van der Waals surface area contributed by atoms with Crippen molar-refractivity contribution < 1.29 is 33.4 Å². The Bertz CT molecular complexity index is 664. The molecule has 2 amide bonds. The van der Waals surface area contributed by atoms with Gasteiger partial charge in [0.1, 0.15) is 12.6 Å². The fourth-order valence-corrected chi connectivity index (χ4v) is 2.41. The van der Waals surface area contributed by atoms with Crippen molar-refractivity contribution in [2.45, 2.75) is 32.9 Å². The Morgan fingerprint density at radius 1 is 1.04 bits per heavy atom. The van der Waals surface area contributed by atoms with E-state index in [9.17, 15) is 19.2 Å². The minimum Gasteiger partial charge on any atom is -0.466 e. The zero-order valence-electron chi connectivity index (χ0n) is 16.0. The van der Waals surface area contributed by atoms with Crippen LogP contribution in [0.5, 0.6) is 0 Å². The van der Waals surface area contributed by atoms with Crippen LogP contribution >= 0.6 is 0 Å². The third-order valence-electron chi connectivity index (χ3n) is 3.65. The Hall–Kier alpha value is -2.94. The number of nitrogens with one attached hydrogen (secondary N) is 1. The van der Waals surface area contributed by atoms with E-state index in [2.05, 4.69) is 5.32 Å². The average molecular weight is 394 g/mol. The minimum absolute atomic E-state index is 0.0395. The Labute approximate surface area is 163 Å². The van der Waals surface area contributed by atoms with Gasteiger partial charge in [-0.25, -0.2) is 0 Å². The molecule has 0 aliphatic carbocycles. The summed E-state index contributed by atoms with van der Waals surface area (Å²) >= 11 is 0. The highest BCUT2D eigenvalue weighted by atomic mass is 16.5. The van der Waals surface area contributed by atoms with Crippen LogP contribution in [0.4, 0.5) is 0 Å². The molecule has 9 heteroatoms. The van der Waals surface area contributed by atoms with Crippen LogP contribution < -0.4 is 11.1 Å². The first-order chi connectivity index (χ1) is 13.4. The summed E-state index contributed by atoms with van der Waals surface area (Å²) < 4.78 is 15.0. The summed E-state index contributed by atoms with van der Waals surface area (Å²) in [7, 11) is 0. The third-order valence-corrected chi connectivity index (χ3v) is 3.65. The van der Waals surface area contributed by atoms with Crippen LogP contribution in [-0.2, 0) is 40.0 Å². The summed E-state index contributed by atoms with van der Waals surface area (Å²) in [5, 5.41) is 2.34. The lowest BCUT2D eigenvalue weighted by Gasteiger charge is -2.23. The van der Waals surface area contributed by atoms with Gasteiger partial charge in [-0.1, -0.05) is 30.3 Å². The molecule has 0 saturated carbocycles. The summed E-state index contributed by atoms with van der Waals surface area (Å²) in [5.41, 5.74) is 6.20. The average Bonchev–Trinajstić information content (AvgIpc) is 2.65. The van der Waals surface area contributed by atoms with E-state index in [1.54, 1.807) is 13.8 Å². The Morgan fingerprint density at radius 2 is 1.68 bits per heavy atom. The van der Waals surface area contributed by atoms with Crippen molar-refractivity contribution in [1.82, 2.24) is 5.32 Å². The van der Waals surface area contributed by atoms with Gasteiger partial charge in [0.15, 0.2) is 0 Å². The molecule has 0 fully saturated rings. The third kappa shape index (κ3) is 8.17. The monoisotopic (exact) mass is 394 g/mol. The van der Waals surface area contributed by atoms with Gasteiger partial charge in [0.2, 0.25) is 11.8 Å². The smallest absolute Gasteiger partial charge is 0.312 e. The van der Waals surface area contributed by atoms with E-state index in [1.807, 2.05) is 30.3 Å². The highest BCUT2D eigenvalue weighted by Gasteiger charge is 2.37.